The summed E-state index contributed by atoms with van der Waals surface area (Å²) >= 11 is 0. The van der Waals surface area contributed by atoms with Gasteiger partial charge in [0, 0.05) is 18.8 Å². The van der Waals surface area contributed by atoms with Crippen molar-refractivity contribution in [3.8, 4) is 5.75 Å². The van der Waals surface area contributed by atoms with Gasteiger partial charge in [0.1, 0.15) is 5.75 Å². The van der Waals surface area contributed by atoms with Gasteiger partial charge in [-0.05, 0) is 35.4 Å². The number of hydrogen-bond donors (Lipinski definition) is 2. The molecule has 0 spiro atoms. The Balaban J connectivity index is 2.03. The number of nitrogens with zero attached hydrogens (tertiary/aromatic N) is 1. The van der Waals surface area contributed by atoms with Crippen LogP contribution in [0.3, 0.4) is 0 Å². The highest BCUT2D eigenvalue weighted by Gasteiger charge is 2.10. The van der Waals surface area contributed by atoms with Gasteiger partial charge in [-0.1, -0.05) is 36.4 Å². The number of rotatable bonds is 10. The van der Waals surface area contributed by atoms with Gasteiger partial charge in [-0.3, -0.25) is 0 Å². The Labute approximate surface area is 159 Å². The molecule has 0 aliphatic heterocycles. The van der Waals surface area contributed by atoms with Crippen molar-refractivity contribution in [1.29, 1.82) is 0 Å². The molecule has 2 rings (SSSR count). The average Bonchev–Trinajstić information content (AvgIpc) is 2.67. The monoisotopic (exact) mass is 393 g/mol. The van der Waals surface area contributed by atoms with Crippen molar-refractivity contribution in [2.24, 2.45) is 0 Å². The standard InChI is InChI=1S/C19H23NO6S/c1-25-27(23,24)26-19-10-6-17(7-11-19)3-2-16-4-8-18(9-5-16)20(12-14-21)13-15-22/h2-11,21-22H,12-15H2,1H3/b3-2+. The number of anilines is 1. The summed E-state index contributed by atoms with van der Waals surface area (Å²) in [5, 5.41) is 18.2. The lowest BCUT2D eigenvalue weighted by atomic mass is 10.1. The third-order valence-electron chi connectivity index (χ3n) is 3.75. The molecule has 0 atom stereocenters. The van der Waals surface area contributed by atoms with Crippen LogP contribution in [-0.2, 0) is 14.6 Å². The van der Waals surface area contributed by atoms with E-state index in [4.69, 9.17) is 14.4 Å². The maximum absolute atomic E-state index is 11.2. The van der Waals surface area contributed by atoms with E-state index in [2.05, 4.69) is 4.18 Å². The van der Waals surface area contributed by atoms with Crippen molar-refractivity contribution < 1.29 is 27.0 Å². The summed E-state index contributed by atoms with van der Waals surface area (Å²) in [6.07, 6.45) is 3.82. The largest absolute Gasteiger partial charge is 0.448 e. The molecule has 2 N–H and O–H groups in total. The molecule has 0 aromatic heterocycles. The molecular weight excluding hydrogens is 370 g/mol. The van der Waals surface area contributed by atoms with E-state index in [1.54, 1.807) is 24.3 Å². The zero-order valence-corrected chi connectivity index (χ0v) is 15.8. The van der Waals surface area contributed by atoms with E-state index in [1.165, 1.54) is 0 Å². The summed E-state index contributed by atoms with van der Waals surface area (Å²) in [7, 11) is -2.98. The van der Waals surface area contributed by atoms with E-state index in [0.717, 1.165) is 23.9 Å². The molecule has 2 aromatic carbocycles. The first kappa shape index (κ1) is 20.9. The van der Waals surface area contributed by atoms with E-state index in [1.807, 2.05) is 41.3 Å². The van der Waals surface area contributed by atoms with Crippen LogP contribution in [0.5, 0.6) is 5.75 Å². The van der Waals surface area contributed by atoms with Crippen LogP contribution in [0.25, 0.3) is 12.2 Å². The summed E-state index contributed by atoms with van der Waals surface area (Å²) in [4.78, 5) is 1.90. The van der Waals surface area contributed by atoms with Crippen molar-refractivity contribution in [2.45, 2.75) is 0 Å². The second-order valence-corrected chi connectivity index (χ2v) is 6.90. The molecule has 7 nitrogen and oxygen atoms in total. The Bertz CT molecular complexity index is 826. The number of aliphatic hydroxyl groups excluding tert-OH is 2. The first-order valence-corrected chi connectivity index (χ1v) is 9.65. The van der Waals surface area contributed by atoms with Crippen molar-refractivity contribution in [3.63, 3.8) is 0 Å². The Hall–Kier alpha value is -2.39. The van der Waals surface area contributed by atoms with Gasteiger partial charge >= 0.3 is 10.4 Å². The third-order valence-corrected chi connectivity index (χ3v) is 4.55. The average molecular weight is 393 g/mol. The summed E-state index contributed by atoms with van der Waals surface area (Å²) < 4.78 is 31.4. The summed E-state index contributed by atoms with van der Waals surface area (Å²) in [5.41, 5.74) is 2.79. The quantitative estimate of drug-likeness (QED) is 0.595. The van der Waals surface area contributed by atoms with Crippen LogP contribution < -0.4 is 9.08 Å². The fourth-order valence-electron chi connectivity index (χ4n) is 2.39. The van der Waals surface area contributed by atoms with Crippen LogP contribution >= 0.6 is 0 Å². The van der Waals surface area contributed by atoms with E-state index in [9.17, 15) is 8.42 Å². The van der Waals surface area contributed by atoms with E-state index >= 15 is 0 Å². The van der Waals surface area contributed by atoms with Crippen molar-refractivity contribution >= 4 is 28.2 Å². The van der Waals surface area contributed by atoms with Crippen molar-refractivity contribution in [3.05, 3.63) is 59.7 Å². The smallest absolute Gasteiger partial charge is 0.395 e. The second kappa shape index (κ2) is 10.1. The molecule has 0 fully saturated rings. The Kier molecular flexibility index (Phi) is 7.81. The number of benzene rings is 2. The molecule has 0 amide bonds. The zero-order chi connectivity index (χ0) is 19.7. The molecule has 0 radical (unpaired) electrons. The zero-order valence-electron chi connectivity index (χ0n) is 15.0. The van der Waals surface area contributed by atoms with Crippen LogP contribution in [0.2, 0.25) is 0 Å². The summed E-state index contributed by atoms with van der Waals surface area (Å²) in [5.74, 6) is 0.172. The van der Waals surface area contributed by atoms with Gasteiger partial charge in [0.05, 0.1) is 20.3 Å². The normalized spacial score (nSPS) is 11.7. The topological polar surface area (TPSA) is 96.3 Å². The van der Waals surface area contributed by atoms with Crippen LogP contribution in [0.4, 0.5) is 5.69 Å². The van der Waals surface area contributed by atoms with Gasteiger partial charge in [-0.25, -0.2) is 4.18 Å². The minimum absolute atomic E-state index is 0.0209. The van der Waals surface area contributed by atoms with Gasteiger partial charge in [0.25, 0.3) is 0 Å². The second-order valence-electron chi connectivity index (χ2n) is 5.59. The van der Waals surface area contributed by atoms with E-state index < -0.39 is 10.4 Å². The van der Waals surface area contributed by atoms with Gasteiger partial charge < -0.3 is 19.3 Å². The highest BCUT2D eigenvalue weighted by atomic mass is 32.3. The predicted octanol–water partition coefficient (Wildman–Crippen LogP) is 1.92. The molecule has 8 heteroatoms. The molecular formula is C19H23NO6S. The summed E-state index contributed by atoms with van der Waals surface area (Å²) in [6.45, 7) is 0.964. The SMILES string of the molecule is COS(=O)(=O)Oc1ccc(/C=C/c2ccc(N(CCO)CCO)cc2)cc1. The molecule has 0 aliphatic rings. The van der Waals surface area contributed by atoms with Gasteiger partial charge in [0.15, 0.2) is 0 Å². The van der Waals surface area contributed by atoms with E-state index in [-0.39, 0.29) is 19.0 Å². The van der Waals surface area contributed by atoms with E-state index in [0.29, 0.717) is 13.1 Å². The van der Waals surface area contributed by atoms with Gasteiger partial charge in [-0.2, -0.15) is 8.42 Å². The Morgan fingerprint density at radius 3 is 1.81 bits per heavy atom. The maximum atomic E-state index is 11.2. The third kappa shape index (κ3) is 6.69. The molecule has 0 aliphatic carbocycles. The Morgan fingerprint density at radius 2 is 1.37 bits per heavy atom. The molecule has 0 saturated heterocycles. The first-order chi connectivity index (χ1) is 13.0. The molecule has 2 aromatic rings. The lowest BCUT2D eigenvalue weighted by Gasteiger charge is -2.22. The van der Waals surface area contributed by atoms with Crippen LogP contribution in [0.1, 0.15) is 11.1 Å². The highest BCUT2D eigenvalue weighted by Crippen LogP contribution is 2.18. The molecule has 0 unspecified atom stereocenters. The fourth-order valence-corrected chi connectivity index (χ4v) is 2.80. The Morgan fingerprint density at radius 1 is 0.889 bits per heavy atom. The minimum atomic E-state index is -4.01. The van der Waals surface area contributed by atoms with Gasteiger partial charge in [-0.15, -0.1) is 0 Å². The molecule has 0 heterocycles. The van der Waals surface area contributed by atoms with Gasteiger partial charge in [0.2, 0.25) is 0 Å². The fraction of sp³-hybridized carbons (Fsp3) is 0.263. The predicted molar refractivity (Wildman–Crippen MR) is 105 cm³/mol. The number of hydrogen-bond acceptors (Lipinski definition) is 7. The molecule has 0 saturated carbocycles. The highest BCUT2D eigenvalue weighted by molar-refractivity contribution is 7.82. The molecule has 27 heavy (non-hydrogen) atoms. The summed E-state index contributed by atoms with van der Waals surface area (Å²) in [6, 6.07) is 14.3. The van der Waals surface area contributed by atoms with Crippen LogP contribution in [0, 0.1) is 0 Å². The first-order valence-electron chi connectivity index (χ1n) is 8.32. The molecule has 0 bridgehead atoms. The minimum Gasteiger partial charge on any atom is -0.395 e. The lowest BCUT2D eigenvalue weighted by Crippen LogP contribution is -2.29. The van der Waals surface area contributed by atoms with Crippen LogP contribution in [-0.4, -0.2) is 52.0 Å². The molecule has 146 valence electrons. The van der Waals surface area contributed by atoms with Crippen molar-refractivity contribution in [1.82, 2.24) is 0 Å². The lowest BCUT2D eigenvalue weighted by molar-refractivity contribution is 0.281. The maximum Gasteiger partial charge on any atom is 0.448 e. The van der Waals surface area contributed by atoms with Crippen LogP contribution in [0.15, 0.2) is 48.5 Å². The number of aliphatic hydroxyl groups is 2. The van der Waals surface area contributed by atoms with Crippen molar-refractivity contribution in [2.75, 3.05) is 38.3 Å².